The Labute approximate surface area is 152 Å². The Morgan fingerprint density at radius 1 is 1.12 bits per heavy atom. The van der Waals surface area contributed by atoms with Gasteiger partial charge < -0.3 is 5.32 Å². The van der Waals surface area contributed by atoms with Gasteiger partial charge in [0.2, 0.25) is 17.7 Å². The molecule has 2 aromatic rings. The average molecular weight is 376 g/mol. The molecule has 1 aliphatic rings. The predicted octanol–water partition coefficient (Wildman–Crippen LogP) is 2.97. The third kappa shape index (κ3) is 3.91. The van der Waals surface area contributed by atoms with E-state index in [1.54, 1.807) is 24.3 Å². The van der Waals surface area contributed by atoms with E-state index in [2.05, 4.69) is 5.32 Å². The van der Waals surface area contributed by atoms with E-state index in [9.17, 15) is 23.2 Å². The number of amides is 3. The van der Waals surface area contributed by atoms with Crippen molar-refractivity contribution in [1.82, 2.24) is 0 Å². The standard InChI is InChI=1S/C18H14F2N2O3S/c19-13-7-6-12(8-14(13)20)22-17(24)9-15(18(22)25)26-10-16(23)21-11-4-2-1-3-5-11/h1-8,15H,9-10H2,(H,21,23). The molecule has 8 heteroatoms. The van der Waals surface area contributed by atoms with E-state index in [1.165, 1.54) is 6.07 Å². The van der Waals surface area contributed by atoms with E-state index in [0.29, 0.717) is 5.69 Å². The van der Waals surface area contributed by atoms with Gasteiger partial charge in [-0.25, -0.2) is 13.7 Å². The van der Waals surface area contributed by atoms with Crippen molar-refractivity contribution in [2.75, 3.05) is 16.0 Å². The van der Waals surface area contributed by atoms with Crippen molar-refractivity contribution in [2.24, 2.45) is 0 Å². The van der Waals surface area contributed by atoms with Gasteiger partial charge in [0.05, 0.1) is 16.7 Å². The molecule has 0 bridgehead atoms. The number of rotatable bonds is 5. The Bertz CT molecular complexity index is 861. The van der Waals surface area contributed by atoms with Crippen LogP contribution in [0.1, 0.15) is 6.42 Å². The highest BCUT2D eigenvalue weighted by molar-refractivity contribution is 8.01. The second-order valence-corrected chi connectivity index (χ2v) is 6.77. The van der Waals surface area contributed by atoms with Crippen LogP contribution in [0.3, 0.4) is 0 Å². The highest BCUT2D eigenvalue weighted by Gasteiger charge is 2.40. The minimum absolute atomic E-state index is 0.00972. The molecule has 1 fully saturated rings. The maximum atomic E-state index is 13.4. The molecule has 0 aromatic heterocycles. The maximum Gasteiger partial charge on any atom is 0.247 e. The lowest BCUT2D eigenvalue weighted by atomic mass is 10.3. The van der Waals surface area contributed by atoms with Crippen LogP contribution in [0, 0.1) is 11.6 Å². The van der Waals surface area contributed by atoms with Crippen molar-refractivity contribution >= 4 is 40.9 Å². The summed E-state index contributed by atoms with van der Waals surface area (Å²) in [6.07, 6.45) is -0.0961. The number of hydrogen-bond acceptors (Lipinski definition) is 4. The van der Waals surface area contributed by atoms with E-state index in [-0.39, 0.29) is 23.8 Å². The van der Waals surface area contributed by atoms with E-state index >= 15 is 0 Å². The molecule has 0 saturated carbocycles. The number of halogens is 2. The number of thioether (sulfide) groups is 1. The fraction of sp³-hybridized carbons (Fsp3) is 0.167. The van der Waals surface area contributed by atoms with Gasteiger partial charge in [-0.05, 0) is 24.3 Å². The number of nitrogens with one attached hydrogen (secondary N) is 1. The van der Waals surface area contributed by atoms with Gasteiger partial charge in [0.15, 0.2) is 11.6 Å². The SMILES string of the molecule is O=C(CSC1CC(=O)N(c2ccc(F)c(F)c2)C1=O)Nc1ccccc1. The molecule has 26 heavy (non-hydrogen) atoms. The van der Waals surface area contributed by atoms with Gasteiger partial charge >= 0.3 is 0 Å². The topological polar surface area (TPSA) is 66.5 Å². The number of hydrogen-bond donors (Lipinski definition) is 1. The molecule has 1 saturated heterocycles. The van der Waals surface area contributed by atoms with Gasteiger partial charge in [-0.15, -0.1) is 11.8 Å². The highest BCUT2D eigenvalue weighted by Crippen LogP contribution is 2.30. The number of benzene rings is 2. The molecule has 1 unspecified atom stereocenters. The first-order chi connectivity index (χ1) is 12.5. The van der Waals surface area contributed by atoms with Crippen LogP contribution in [0.25, 0.3) is 0 Å². The molecule has 5 nitrogen and oxygen atoms in total. The minimum Gasteiger partial charge on any atom is -0.325 e. The second kappa shape index (κ2) is 7.65. The summed E-state index contributed by atoms with van der Waals surface area (Å²) >= 11 is 1.04. The Morgan fingerprint density at radius 3 is 2.54 bits per heavy atom. The van der Waals surface area contributed by atoms with E-state index in [1.807, 2.05) is 6.07 Å². The van der Waals surface area contributed by atoms with Gasteiger partial charge in [-0.3, -0.25) is 14.4 Å². The van der Waals surface area contributed by atoms with Gasteiger partial charge in [-0.2, -0.15) is 0 Å². The van der Waals surface area contributed by atoms with Crippen molar-refractivity contribution in [1.29, 1.82) is 0 Å². The minimum atomic E-state index is -1.14. The summed E-state index contributed by atoms with van der Waals surface area (Å²) in [5, 5.41) is 1.95. The summed E-state index contributed by atoms with van der Waals surface area (Å²) in [6, 6.07) is 11.7. The third-order valence-electron chi connectivity index (χ3n) is 3.74. The lowest BCUT2D eigenvalue weighted by Gasteiger charge is -2.15. The molecular formula is C18H14F2N2O3S. The lowest BCUT2D eigenvalue weighted by molar-refractivity contribution is -0.121. The molecule has 134 valence electrons. The Hall–Kier alpha value is -2.74. The smallest absolute Gasteiger partial charge is 0.247 e. The number of imide groups is 1. The lowest BCUT2D eigenvalue weighted by Crippen LogP contribution is -2.31. The average Bonchev–Trinajstić information content (AvgIpc) is 2.90. The van der Waals surface area contributed by atoms with E-state index < -0.39 is 28.7 Å². The first-order valence-corrected chi connectivity index (χ1v) is 8.79. The van der Waals surface area contributed by atoms with E-state index in [0.717, 1.165) is 28.8 Å². The van der Waals surface area contributed by atoms with Crippen LogP contribution in [0.15, 0.2) is 48.5 Å². The number of para-hydroxylation sites is 1. The fourth-order valence-corrected chi connectivity index (χ4v) is 3.46. The molecule has 0 radical (unpaired) electrons. The number of carbonyl (C=O) groups excluding carboxylic acids is 3. The Balaban J connectivity index is 1.61. The first kappa shape index (κ1) is 18.1. The zero-order chi connectivity index (χ0) is 18.7. The summed E-state index contributed by atoms with van der Waals surface area (Å²) in [6.45, 7) is 0. The molecule has 1 heterocycles. The van der Waals surface area contributed by atoms with Gasteiger partial charge in [-0.1, -0.05) is 18.2 Å². The summed E-state index contributed by atoms with van der Waals surface area (Å²) in [5.74, 6) is -3.56. The Kier molecular flexibility index (Phi) is 5.32. The molecule has 1 atom stereocenters. The molecule has 1 N–H and O–H groups in total. The molecule has 3 rings (SSSR count). The van der Waals surface area contributed by atoms with Crippen molar-refractivity contribution in [3.8, 4) is 0 Å². The second-order valence-electron chi connectivity index (χ2n) is 5.58. The summed E-state index contributed by atoms with van der Waals surface area (Å²) < 4.78 is 26.4. The van der Waals surface area contributed by atoms with Crippen molar-refractivity contribution in [3.63, 3.8) is 0 Å². The third-order valence-corrected chi connectivity index (χ3v) is 4.94. The number of nitrogens with zero attached hydrogens (tertiary/aromatic N) is 1. The monoisotopic (exact) mass is 376 g/mol. The van der Waals surface area contributed by atoms with Crippen LogP contribution in [0.2, 0.25) is 0 Å². The number of anilines is 2. The molecular weight excluding hydrogens is 362 g/mol. The fourth-order valence-electron chi connectivity index (χ4n) is 2.52. The molecule has 3 amide bonds. The zero-order valence-electron chi connectivity index (χ0n) is 13.4. The highest BCUT2D eigenvalue weighted by atomic mass is 32.2. The molecule has 1 aliphatic heterocycles. The molecule has 2 aromatic carbocycles. The quantitative estimate of drug-likeness (QED) is 0.815. The van der Waals surface area contributed by atoms with Crippen LogP contribution < -0.4 is 10.2 Å². The summed E-state index contributed by atoms with van der Waals surface area (Å²) in [4.78, 5) is 37.3. The van der Waals surface area contributed by atoms with Crippen LogP contribution in [0.4, 0.5) is 20.2 Å². The van der Waals surface area contributed by atoms with Crippen LogP contribution >= 0.6 is 11.8 Å². The predicted molar refractivity (Wildman–Crippen MR) is 94.8 cm³/mol. The normalized spacial score (nSPS) is 16.8. The summed E-state index contributed by atoms with van der Waals surface area (Å²) in [7, 11) is 0. The number of carbonyl (C=O) groups is 3. The van der Waals surface area contributed by atoms with Gasteiger partial charge in [0.25, 0.3) is 0 Å². The molecule has 0 aliphatic carbocycles. The molecule has 0 spiro atoms. The van der Waals surface area contributed by atoms with Gasteiger partial charge in [0, 0.05) is 18.2 Å². The van der Waals surface area contributed by atoms with Crippen LogP contribution in [0.5, 0.6) is 0 Å². The maximum absolute atomic E-state index is 13.4. The van der Waals surface area contributed by atoms with Crippen LogP contribution in [-0.4, -0.2) is 28.7 Å². The van der Waals surface area contributed by atoms with E-state index in [4.69, 9.17) is 0 Å². The van der Waals surface area contributed by atoms with Crippen molar-refractivity contribution in [2.45, 2.75) is 11.7 Å². The summed E-state index contributed by atoms with van der Waals surface area (Å²) in [5.41, 5.74) is 0.617. The Morgan fingerprint density at radius 2 is 1.85 bits per heavy atom. The zero-order valence-corrected chi connectivity index (χ0v) is 14.3. The first-order valence-electron chi connectivity index (χ1n) is 7.74. The largest absolute Gasteiger partial charge is 0.325 e. The van der Waals surface area contributed by atoms with Crippen molar-refractivity contribution in [3.05, 3.63) is 60.2 Å². The van der Waals surface area contributed by atoms with Gasteiger partial charge in [0.1, 0.15) is 0 Å². The van der Waals surface area contributed by atoms with Crippen LogP contribution in [-0.2, 0) is 14.4 Å². The van der Waals surface area contributed by atoms with Crippen molar-refractivity contribution < 1.29 is 23.2 Å².